The summed E-state index contributed by atoms with van der Waals surface area (Å²) in [4.78, 5) is 38.2. The highest BCUT2D eigenvalue weighted by Gasteiger charge is 2.12. The Morgan fingerprint density at radius 3 is 2.67 bits per heavy atom. The summed E-state index contributed by atoms with van der Waals surface area (Å²) in [6.07, 6.45) is 0. The fourth-order valence-electron chi connectivity index (χ4n) is 2.20. The molecule has 138 valence electrons. The fourth-order valence-corrected chi connectivity index (χ4v) is 4.10. The second-order valence-corrected chi connectivity index (χ2v) is 7.55. The summed E-state index contributed by atoms with van der Waals surface area (Å²) in [6, 6.07) is 10.8. The van der Waals surface area contributed by atoms with Crippen molar-refractivity contribution in [2.45, 2.75) is 4.34 Å². The number of methoxy groups -OCH3 is 1. The maximum atomic E-state index is 12.1. The highest BCUT2D eigenvalue weighted by atomic mass is 32.2. The summed E-state index contributed by atoms with van der Waals surface area (Å²) in [7, 11) is 1.30. The quantitative estimate of drug-likeness (QED) is 0.289. The molecule has 0 saturated heterocycles. The summed E-state index contributed by atoms with van der Waals surface area (Å²) in [5.41, 5.74) is 1.63. The number of carbonyl (C=O) groups is 2. The minimum atomic E-state index is -0.453. The van der Waals surface area contributed by atoms with Gasteiger partial charge in [-0.25, -0.2) is 9.78 Å². The number of thiazole rings is 1. The summed E-state index contributed by atoms with van der Waals surface area (Å²) >= 11 is 2.55. The first kappa shape index (κ1) is 18.8. The zero-order chi connectivity index (χ0) is 19.4. The zero-order valence-electron chi connectivity index (χ0n) is 14.0. The van der Waals surface area contributed by atoms with E-state index >= 15 is 0 Å². The molecule has 1 aromatic heterocycles. The third-order valence-electron chi connectivity index (χ3n) is 3.48. The van der Waals surface area contributed by atoms with Crippen molar-refractivity contribution in [2.24, 2.45) is 0 Å². The molecule has 0 fully saturated rings. The number of benzene rings is 2. The number of nitrogens with zero attached hydrogens (tertiary/aromatic N) is 2. The van der Waals surface area contributed by atoms with Crippen molar-refractivity contribution in [1.82, 2.24) is 4.98 Å². The van der Waals surface area contributed by atoms with Gasteiger partial charge in [0.05, 0.1) is 33.6 Å². The molecule has 1 N–H and O–H groups in total. The highest BCUT2D eigenvalue weighted by molar-refractivity contribution is 8.01. The molecule has 1 heterocycles. The lowest BCUT2D eigenvalue weighted by atomic mass is 10.2. The number of thioether (sulfide) groups is 1. The van der Waals surface area contributed by atoms with Crippen LogP contribution in [0.1, 0.15) is 10.4 Å². The number of esters is 1. The molecule has 0 atom stereocenters. The number of ether oxygens (including phenoxy) is 1. The van der Waals surface area contributed by atoms with Gasteiger partial charge in [0, 0.05) is 17.8 Å². The van der Waals surface area contributed by atoms with Crippen molar-refractivity contribution in [2.75, 3.05) is 18.2 Å². The smallest absolute Gasteiger partial charge is 0.337 e. The van der Waals surface area contributed by atoms with Gasteiger partial charge in [-0.1, -0.05) is 11.8 Å². The van der Waals surface area contributed by atoms with E-state index in [9.17, 15) is 19.7 Å². The van der Waals surface area contributed by atoms with Crippen molar-refractivity contribution in [3.05, 3.63) is 58.1 Å². The normalized spacial score (nSPS) is 10.6. The minimum Gasteiger partial charge on any atom is -0.465 e. The molecule has 10 heteroatoms. The van der Waals surface area contributed by atoms with Crippen molar-refractivity contribution < 1.29 is 19.2 Å². The van der Waals surface area contributed by atoms with Gasteiger partial charge in [-0.05, 0) is 30.3 Å². The maximum Gasteiger partial charge on any atom is 0.337 e. The summed E-state index contributed by atoms with van der Waals surface area (Å²) in [6.45, 7) is 0. The van der Waals surface area contributed by atoms with Gasteiger partial charge in [-0.15, -0.1) is 11.3 Å². The number of fused-ring (bicyclic) bond motifs is 1. The molecule has 0 aliphatic heterocycles. The first-order chi connectivity index (χ1) is 13.0. The predicted octanol–water partition coefficient (Wildman–Crippen LogP) is 3.72. The summed E-state index contributed by atoms with van der Waals surface area (Å²) in [5.74, 6) is -0.531. The van der Waals surface area contributed by atoms with Crippen molar-refractivity contribution in [3.63, 3.8) is 0 Å². The average Bonchev–Trinajstić information content (AvgIpc) is 3.08. The Balaban J connectivity index is 1.59. The van der Waals surface area contributed by atoms with Crippen LogP contribution in [0.25, 0.3) is 10.2 Å². The first-order valence-corrected chi connectivity index (χ1v) is 9.42. The van der Waals surface area contributed by atoms with Crippen LogP contribution in [-0.4, -0.2) is 34.6 Å². The second-order valence-electron chi connectivity index (χ2n) is 5.29. The molecule has 1 amide bonds. The molecule has 3 rings (SSSR count). The van der Waals surface area contributed by atoms with Gasteiger partial charge in [0.15, 0.2) is 4.34 Å². The van der Waals surface area contributed by atoms with Gasteiger partial charge < -0.3 is 10.1 Å². The Labute approximate surface area is 161 Å². The van der Waals surface area contributed by atoms with E-state index in [1.54, 1.807) is 30.3 Å². The van der Waals surface area contributed by atoms with Gasteiger partial charge in [-0.3, -0.25) is 14.9 Å². The van der Waals surface area contributed by atoms with E-state index in [4.69, 9.17) is 0 Å². The lowest BCUT2D eigenvalue weighted by molar-refractivity contribution is -0.384. The molecular formula is C17H13N3O5S2. The molecule has 27 heavy (non-hydrogen) atoms. The predicted molar refractivity (Wildman–Crippen MR) is 103 cm³/mol. The van der Waals surface area contributed by atoms with Gasteiger partial charge >= 0.3 is 5.97 Å². The SMILES string of the molecule is COC(=O)c1ccc(NC(=O)CSc2nc3ccc([N+](=O)[O-])cc3s2)cc1. The Hall–Kier alpha value is -2.98. The number of aromatic nitrogens is 1. The number of hydrogen-bond acceptors (Lipinski definition) is 8. The van der Waals surface area contributed by atoms with E-state index < -0.39 is 10.9 Å². The number of nitrogens with one attached hydrogen (secondary N) is 1. The number of nitro benzene ring substituents is 1. The van der Waals surface area contributed by atoms with E-state index in [0.29, 0.717) is 25.8 Å². The maximum absolute atomic E-state index is 12.1. The Morgan fingerprint density at radius 1 is 1.26 bits per heavy atom. The molecule has 0 radical (unpaired) electrons. The van der Waals surface area contributed by atoms with E-state index in [1.165, 1.54) is 42.3 Å². The molecule has 0 spiro atoms. The van der Waals surface area contributed by atoms with Crippen molar-refractivity contribution in [1.29, 1.82) is 0 Å². The number of nitro groups is 1. The van der Waals surface area contributed by atoms with Crippen LogP contribution in [0.15, 0.2) is 46.8 Å². The molecule has 0 bridgehead atoms. The largest absolute Gasteiger partial charge is 0.465 e. The van der Waals surface area contributed by atoms with Crippen LogP contribution in [0.3, 0.4) is 0 Å². The minimum absolute atomic E-state index is 0.0100. The van der Waals surface area contributed by atoms with Crippen LogP contribution in [0.4, 0.5) is 11.4 Å². The van der Waals surface area contributed by atoms with E-state index in [0.717, 1.165) is 0 Å². The lowest BCUT2D eigenvalue weighted by Gasteiger charge is -2.05. The summed E-state index contributed by atoms with van der Waals surface area (Å²) in [5, 5.41) is 13.6. The van der Waals surface area contributed by atoms with Crippen LogP contribution < -0.4 is 5.32 Å². The number of hydrogen-bond donors (Lipinski definition) is 1. The van der Waals surface area contributed by atoms with Crippen LogP contribution in [0.2, 0.25) is 0 Å². The second kappa shape index (κ2) is 8.14. The molecule has 3 aromatic rings. The Bertz CT molecular complexity index is 1020. The zero-order valence-corrected chi connectivity index (χ0v) is 15.6. The molecule has 0 aliphatic carbocycles. The monoisotopic (exact) mass is 403 g/mol. The molecule has 2 aromatic carbocycles. The number of carbonyl (C=O) groups excluding carboxylic acids is 2. The Morgan fingerprint density at radius 2 is 2.00 bits per heavy atom. The van der Waals surface area contributed by atoms with E-state index in [2.05, 4.69) is 15.0 Å². The van der Waals surface area contributed by atoms with Gasteiger partial charge in [-0.2, -0.15) is 0 Å². The van der Waals surface area contributed by atoms with Crippen LogP contribution in [0, 0.1) is 10.1 Å². The molecule has 0 unspecified atom stereocenters. The number of non-ortho nitro benzene ring substituents is 1. The van der Waals surface area contributed by atoms with Crippen LogP contribution >= 0.6 is 23.1 Å². The molecule has 8 nitrogen and oxygen atoms in total. The van der Waals surface area contributed by atoms with E-state index in [-0.39, 0.29) is 17.3 Å². The van der Waals surface area contributed by atoms with Gasteiger partial charge in [0.1, 0.15) is 0 Å². The molecular weight excluding hydrogens is 390 g/mol. The van der Waals surface area contributed by atoms with Gasteiger partial charge in [0.2, 0.25) is 5.91 Å². The Kier molecular flexibility index (Phi) is 5.67. The molecule has 0 aliphatic rings. The van der Waals surface area contributed by atoms with Crippen LogP contribution in [-0.2, 0) is 9.53 Å². The number of anilines is 1. The third kappa shape index (κ3) is 4.60. The van der Waals surface area contributed by atoms with Crippen LogP contribution in [0.5, 0.6) is 0 Å². The van der Waals surface area contributed by atoms with E-state index in [1.807, 2.05) is 0 Å². The molecule has 0 saturated carbocycles. The third-order valence-corrected chi connectivity index (χ3v) is 5.64. The number of rotatable bonds is 6. The van der Waals surface area contributed by atoms with Crippen molar-refractivity contribution in [3.8, 4) is 0 Å². The standard InChI is InChI=1S/C17H13N3O5S2/c1-25-16(22)10-2-4-11(5-3-10)18-15(21)9-26-17-19-13-7-6-12(20(23)24)8-14(13)27-17/h2-8H,9H2,1H3,(H,18,21). The topological polar surface area (TPSA) is 111 Å². The fraction of sp³-hybridized carbons (Fsp3) is 0.118. The number of amides is 1. The summed E-state index contributed by atoms with van der Waals surface area (Å²) < 4.78 is 5.97. The first-order valence-electron chi connectivity index (χ1n) is 7.62. The average molecular weight is 403 g/mol. The lowest BCUT2D eigenvalue weighted by Crippen LogP contribution is -2.14. The highest BCUT2D eigenvalue weighted by Crippen LogP contribution is 2.31. The van der Waals surface area contributed by atoms with Crippen molar-refractivity contribution >= 4 is 56.6 Å². The van der Waals surface area contributed by atoms with Gasteiger partial charge in [0.25, 0.3) is 5.69 Å².